The van der Waals surface area contributed by atoms with Crippen LogP contribution in [0, 0.1) is 18.3 Å². The first-order valence-electron chi connectivity index (χ1n) is 5.92. The van der Waals surface area contributed by atoms with E-state index >= 15 is 0 Å². The molecule has 0 heterocycles. The Hall–Kier alpha value is -2.04. The van der Waals surface area contributed by atoms with Crippen molar-refractivity contribution in [2.75, 3.05) is 10.5 Å². The van der Waals surface area contributed by atoms with E-state index in [1.54, 1.807) is 12.1 Å². The van der Waals surface area contributed by atoms with E-state index in [1.165, 1.54) is 18.2 Å². The zero-order chi connectivity index (χ0) is 15.6. The lowest BCUT2D eigenvalue weighted by Gasteiger charge is -2.12. The minimum absolute atomic E-state index is 0.00581. The van der Waals surface area contributed by atoms with Crippen LogP contribution in [0.5, 0.6) is 0 Å². The van der Waals surface area contributed by atoms with Gasteiger partial charge in [0.25, 0.3) is 10.0 Å². The molecule has 0 atom stereocenters. The second-order valence-electron chi connectivity index (χ2n) is 4.46. The van der Waals surface area contributed by atoms with Gasteiger partial charge >= 0.3 is 0 Å². The van der Waals surface area contributed by atoms with Gasteiger partial charge < -0.3 is 5.73 Å². The normalized spacial score (nSPS) is 10.9. The van der Waals surface area contributed by atoms with Crippen molar-refractivity contribution in [3.8, 4) is 6.07 Å². The average molecular weight is 366 g/mol. The maximum atomic E-state index is 12.4. The molecule has 3 N–H and O–H groups in total. The SMILES string of the molecule is Cc1ccc(Br)c(NS(=O)(=O)c2ccc(N)cc2C#N)c1. The second-order valence-corrected chi connectivity index (χ2v) is 6.96. The highest BCUT2D eigenvalue weighted by atomic mass is 79.9. The molecule has 0 aliphatic heterocycles. The average Bonchev–Trinajstić information content (AvgIpc) is 2.42. The molecule has 21 heavy (non-hydrogen) atoms. The van der Waals surface area contributed by atoms with Crippen molar-refractivity contribution in [1.29, 1.82) is 5.26 Å². The minimum atomic E-state index is -3.87. The molecule has 2 aromatic carbocycles. The van der Waals surface area contributed by atoms with Gasteiger partial charge in [-0.1, -0.05) is 6.07 Å². The fourth-order valence-electron chi connectivity index (χ4n) is 1.79. The van der Waals surface area contributed by atoms with Crippen molar-refractivity contribution in [3.63, 3.8) is 0 Å². The van der Waals surface area contributed by atoms with Gasteiger partial charge in [0.2, 0.25) is 0 Å². The van der Waals surface area contributed by atoms with Gasteiger partial charge in [0.15, 0.2) is 0 Å². The molecule has 0 bridgehead atoms. The number of nitriles is 1. The highest BCUT2D eigenvalue weighted by Gasteiger charge is 2.20. The summed E-state index contributed by atoms with van der Waals surface area (Å²) in [5.74, 6) is 0. The maximum Gasteiger partial charge on any atom is 0.263 e. The van der Waals surface area contributed by atoms with Crippen LogP contribution in [0.25, 0.3) is 0 Å². The molecule has 0 spiro atoms. The standard InChI is InChI=1S/C14H12BrN3O2S/c1-9-2-4-12(15)13(6-9)18-21(19,20)14-5-3-11(17)7-10(14)8-16/h2-7,18H,17H2,1H3. The Morgan fingerprint density at radius 1 is 1.24 bits per heavy atom. The van der Waals surface area contributed by atoms with Gasteiger partial charge in [0.1, 0.15) is 11.0 Å². The van der Waals surface area contributed by atoms with Gasteiger partial charge in [-0.2, -0.15) is 5.26 Å². The molecule has 0 aliphatic carbocycles. The van der Waals surface area contributed by atoms with E-state index in [0.29, 0.717) is 15.8 Å². The van der Waals surface area contributed by atoms with Crippen LogP contribution >= 0.6 is 15.9 Å². The number of halogens is 1. The summed E-state index contributed by atoms with van der Waals surface area (Å²) in [6.45, 7) is 1.86. The minimum Gasteiger partial charge on any atom is -0.399 e. The number of nitrogens with zero attached hydrogens (tertiary/aromatic N) is 1. The molecule has 0 saturated heterocycles. The first-order valence-corrected chi connectivity index (χ1v) is 8.20. The molecular weight excluding hydrogens is 354 g/mol. The third-order valence-electron chi connectivity index (χ3n) is 2.78. The number of aryl methyl sites for hydroxylation is 1. The van der Waals surface area contributed by atoms with Crippen LogP contribution in [0.2, 0.25) is 0 Å². The van der Waals surface area contributed by atoms with E-state index in [2.05, 4.69) is 20.7 Å². The highest BCUT2D eigenvalue weighted by Crippen LogP contribution is 2.27. The number of hydrogen-bond acceptors (Lipinski definition) is 4. The summed E-state index contributed by atoms with van der Waals surface area (Å²) in [5, 5.41) is 9.06. The second kappa shape index (κ2) is 5.76. The maximum absolute atomic E-state index is 12.4. The molecule has 0 unspecified atom stereocenters. The Morgan fingerprint density at radius 3 is 2.62 bits per heavy atom. The van der Waals surface area contributed by atoms with E-state index in [-0.39, 0.29) is 10.5 Å². The van der Waals surface area contributed by atoms with Crippen LogP contribution in [0.15, 0.2) is 45.8 Å². The summed E-state index contributed by atoms with van der Waals surface area (Å²) in [5.41, 5.74) is 7.23. The molecule has 0 radical (unpaired) electrons. The van der Waals surface area contributed by atoms with Crippen molar-refractivity contribution >= 4 is 37.3 Å². The Bertz CT molecular complexity index is 842. The van der Waals surface area contributed by atoms with Crippen LogP contribution in [0.3, 0.4) is 0 Å². The number of nitrogens with two attached hydrogens (primary N) is 1. The largest absolute Gasteiger partial charge is 0.399 e. The third-order valence-corrected chi connectivity index (χ3v) is 4.89. The van der Waals surface area contributed by atoms with Crippen molar-refractivity contribution in [3.05, 3.63) is 52.0 Å². The van der Waals surface area contributed by atoms with E-state index < -0.39 is 10.0 Å². The molecule has 2 aromatic rings. The zero-order valence-electron chi connectivity index (χ0n) is 11.1. The fourth-order valence-corrected chi connectivity index (χ4v) is 3.47. The monoisotopic (exact) mass is 365 g/mol. The summed E-state index contributed by atoms with van der Waals surface area (Å²) in [6, 6.07) is 11.2. The molecule has 0 aromatic heterocycles. The molecule has 0 aliphatic rings. The summed E-state index contributed by atoms with van der Waals surface area (Å²) >= 11 is 3.29. The smallest absolute Gasteiger partial charge is 0.263 e. The van der Waals surface area contributed by atoms with Crippen LogP contribution < -0.4 is 10.5 Å². The molecule has 2 rings (SSSR count). The van der Waals surface area contributed by atoms with Gasteiger partial charge in [-0.05, 0) is 58.7 Å². The summed E-state index contributed by atoms with van der Waals surface area (Å²) in [6.07, 6.45) is 0. The quantitative estimate of drug-likeness (QED) is 0.817. The Labute approximate surface area is 131 Å². The van der Waals surface area contributed by atoms with E-state index in [9.17, 15) is 8.42 Å². The molecule has 0 amide bonds. The lowest BCUT2D eigenvalue weighted by Crippen LogP contribution is -2.15. The van der Waals surface area contributed by atoms with E-state index in [0.717, 1.165) is 5.56 Å². The predicted octanol–water partition coefficient (Wildman–Crippen LogP) is 3.01. The molecule has 5 nitrogen and oxygen atoms in total. The van der Waals surface area contributed by atoms with Crippen molar-refractivity contribution in [2.45, 2.75) is 11.8 Å². The molecule has 7 heteroatoms. The molecule has 0 saturated carbocycles. The molecular formula is C14H12BrN3O2S. The highest BCUT2D eigenvalue weighted by molar-refractivity contribution is 9.10. The Kier molecular flexibility index (Phi) is 4.21. The number of hydrogen-bond donors (Lipinski definition) is 2. The van der Waals surface area contributed by atoms with Gasteiger partial charge in [-0.15, -0.1) is 0 Å². The number of nitrogens with one attached hydrogen (secondary N) is 1. The van der Waals surface area contributed by atoms with Crippen molar-refractivity contribution in [1.82, 2.24) is 0 Å². The predicted molar refractivity (Wildman–Crippen MR) is 85.3 cm³/mol. The van der Waals surface area contributed by atoms with Crippen molar-refractivity contribution < 1.29 is 8.42 Å². The Balaban J connectivity index is 2.49. The fraction of sp³-hybridized carbons (Fsp3) is 0.0714. The first kappa shape index (κ1) is 15.4. The lowest BCUT2D eigenvalue weighted by atomic mass is 10.2. The van der Waals surface area contributed by atoms with Crippen molar-refractivity contribution in [2.24, 2.45) is 0 Å². The third kappa shape index (κ3) is 3.35. The Morgan fingerprint density at radius 2 is 1.95 bits per heavy atom. The van der Waals surface area contributed by atoms with Gasteiger partial charge in [0.05, 0.1) is 11.3 Å². The zero-order valence-corrected chi connectivity index (χ0v) is 13.5. The number of rotatable bonds is 3. The van der Waals surface area contributed by atoms with Crippen LogP contribution in [-0.2, 0) is 10.0 Å². The number of sulfonamides is 1. The summed E-state index contributed by atoms with van der Waals surface area (Å²) in [7, 11) is -3.87. The van der Waals surface area contributed by atoms with Crippen LogP contribution in [-0.4, -0.2) is 8.42 Å². The van der Waals surface area contributed by atoms with Gasteiger partial charge in [0, 0.05) is 10.2 Å². The number of nitrogen functional groups attached to an aromatic ring is 1. The van der Waals surface area contributed by atoms with E-state index in [4.69, 9.17) is 11.0 Å². The van der Waals surface area contributed by atoms with Gasteiger partial charge in [-0.25, -0.2) is 8.42 Å². The molecule has 0 fully saturated rings. The van der Waals surface area contributed by atoms with Crippen LogP contribution in [0.1, 0.15) is 11.1 Å². The number of benzene rings is 2. The molecule has 108 valence electrons. The van der Waals surface area contributed by atoms with Gasteiger partial charge in [-0.3, -0.25) is 4.72 Å². The lowest BCUT2D eigenvalue weighted by molar-refractivity contribution is 0.601. The topological polar surface area (TPSA) is 96.0 Å². The first-order chi connectivity index (χ1) is 9.83. The van der Waals surface area contributed by atoms with E-state index in [1.807, 2.05) is 19.1 Å². The number of anilines is 2. The van der Waals surface area contributed by atoms with Crippen LogP contribution in [0.4, 0.5) is 11.4 Å². The summed E-state index contributed by atoms with van der Waals surface area (Å²) < 4.78 is 28.0. The summed E-state index contributed by atoms with van der Waals surface area (Å²) in [4.78, 5) is -0.104.